The van der Waals surface area contributed by atoms with Crippen molar-refractivity contribution >= 4 is 0 Å². The quantitative estimate of drug-likeness (QED) is 0.742. The van der Waals surface area contributed by atoms with E-state index in [0.29, 0.717) is 6.04 Å². The van der Waals surface area contributed by atoms with Gasteiger partial charge in [-0.05, 0) is 19.3 Å². The van der Waals surface area contributed by atoms with Gasteiger partial charge in [0.1, 0.15) is 0 Å². The molecule has 4 heteroatoms. The Morgan fingerprint density at radius 2 is 2.27 bits per heavy atom. The second-order valence-corrected chi connectivity index (χ2v) is 4.30. The Bertz CT molecular complexity index is 327. The van der Waals surface area contributed by atoms with E-state index in [0.717, 1.165) is 26.2 Å². The van der Waals surface area contributed by atoms with Crippen LogP contribution >= 0.6 is 0 Å². The number of hydrogen-bond donors (Lipinski definition) is 0. The summed E-state index contributed by atoms with van der Waals surface area (Å²) in [5, 5.41) is 4.37. The minimum atomic E-state index is 0.272. The van der Waals surface area contributed by atoms with Gasteiger partial charge in [0.25, 0.3) is 0 Å². The lowest BCUT2D eigenvalue weighted by Crippen LogP contribution is -2.30. The van der Waals surface area contributed by atoms with Crippen LogP contribution in [0.4, 0.5) is 0 Å². The van der Waals surface area contributed by atoms with Gasteiger partial charge in [0.05, 0.1) is 31.6 Å². The molecule has 3 heterocycles. The minimum Gasteiger partial charge on any atom is -0.377 e. The van der Waals surface area contributed by atoms with Gasteiger partial charge < -0.3 is 9.47 Å². The van der Waals surface area contributed by atoms with E-state index in [1.165, 1.54) is 18.4 Å². The smallest absolute Gasteiger partial charge is 0.0985 e. The third-order valence-corrected chi connectivity index (χ3v) is 3.17. The summed E-state index contributed by atoms with van der Waals surface area (Å²) in [6, 6.07) is 0.447. The molecule has 0 aliphatic carbocycles. The monoisotopic (exact) mass is 208 g/mol. The van der Waals surface area contributed by atoms with Crippen molar-refractivity contribution in [3.63, 3.8) is 0 Å². The van der Waals surface area contributed by atoms with Crippen molar-refractivity contribution < 1.29 is 9.47 Å². The van der Waals surface area contributed by atoms with Crippen molar-refractivity contribution in [2.24, 2.45) is 0 Å². The first kappa shape index (κ1) is 9.36. The molecule has 2 aliphatic rings. The molecule has 2 saturated heterocycles. The lowest BCUT2D eigenvalue weighted by atomic mass is 10.0. The van der Waals surface area contributed by atoms with Crippen LogP contribution in [0, 0.1) is 0 Å². The van der Waals surface area contributed by atoms with Gasteiger partial charge >= 0.3 is 0 Å². The van der Waals surface area contributed by atoms with Gasteiger partial charge in [-0.3, -0.25) is 4.68 Å². The van der Waals surface area contributed by atoms with E-state index in [2.05, 4.69) is 11.3 Å². The van der Waals surface area contributed by atoms with Crippen molar-refractivity contribution in [3.8, 4) is 0 Å². The molecule has 4 nitrogen and oxygen atoms in total. The van der Waals surface area contributed by atoms with Crippen LogP contribution in [0.25, 0.3) is 0 Å². The third-order valence-electron chi connectivity index (χ3n) is 3.17. The van der Waals surface area contributed by atoms with Gasteiger partial charge in [-0.1, -0.05) is 0 Å². The molecule has 1 atom stereocenters. The molecule has 1 aromatic heterocycles. The van der Waals surface area contributed by atoms with Gasteiger partial charge in [-0.2, -0.15) is 5.10 Å². The first-order chi connectivity index (χ1) is 7.43. The number of hydrogen-bond acceptors (Lipinski definition) is 3. The van der Waals surface area contributed by atoms with Crippen molar-refractivity contribution in [1.29, 1.82) is 0 Å². The molecule has 0 saturated carbocycles. The Kier molecular flexibility index (Phi) is 2.46. The predicted octanol–water partition coefficient (Wildman–Crippen LogP) is 1.70. The molecule has 82 valence electrons. The molecule has 0 spiro atoms. The lowest BCUT2D eigenvalue weighted by Gasteiger charge is -2.26. The molecule has 1 aromatic rings. The second-order valence-electron chi connectivity index (χ2n) is 4.30. The van der Waals surface area contributed by atoms with E-state index < -0.39 is 0 Å². The zero-order valence-electron chi connectivity index (χ0n) is 8.76. The second kappa shape index (κ2) is 3.94. The molecular weight excluding hydrogens is 192 g/mol. The first-order valence-electron chi connectivity index (χ1n) is 5.67. The van der Waals surface area contributed by atoms with Crippen LogP contribution in [0.5, 0.6) is 0 Å². The van der Waals surface area contributed by atoms with E-state index in [9.17, 15) is 0 Å². The third kappa shape index (κ3) is 1.79. The van der Waals surface area contributed by atoms with E-state index in [1.807, 2.05) is 10.9 Å². The summed E-state index contributed by atoms with van der Waals surface area (Å²) in [4.78, 5) is 0. The number of aromatic nitrogens is 2. The van der Waals surface area contributed by atoms with E-state index in [-0.39, 0.29) is 6.10 Å². The highest BCUT2D eigenvalue weighted by Gasteiger charge is 2.23. The Morgan fingerprint density at radius 3 is 2.93 bits per heavy atom. The molecule has 0 radical (unpaired) electrons. The fourth-order valence-corrected chi connectivity index (χ4v) is 2.10. The maximum atomic E-state index is 5.72. The Balaban J connectivity index is 1.71. The average molecular weight is 208 g/mol. The summed E-state index contributed by atoms with van der Waals surface area (Å²) in [6.07, 6.45) is 7.92. The highest BCUT2D eigenvalue weighted by atomic mass is 16.5. The Hall–Kier alpha value is -0.870. The summed E-state index contributed by atoms with van der Waals surface area (Å²) in [7, 11) is 0. The molecule has 0 amide bonds. The number of ether oxygens (including phenoxy) is 2. The predicted molar refractivity (Wildman–Crippen MR) is 54.6 cm³/mol. The SMILES string of the molecule is c1nn(C2COC2)cc1[C@H]1CCCCO1. The van der Waals surface area contributed by atoms with Gasteiger partial charge in [0.2, 0.25) is 0 Å². The fraction of sp³-hybridized carbons (Fsp3) is 0.727. The van der Waals surface area contributed by atoms with Crippen LogP contribution in [0.2, 0.25) is 0 Å². The van der Waals surface area contributed by atoms with E-state index in [4.69, 9.17) is 9.47 Å². The molecule has 0 unspecified atom stereocenters. The zero-order valence-corrected chi connectivity index (χ0v) is 8.76. The molecule has 2 fully saturated rings. The van der Waals surface area contributed by atoms with Crippen LogP contribution < -0.4 is 0 Å². The maximum absolute atomic E-state index is 5.72. The molecular formula is C11H16N2O2. The van der Waals surface area contributed by atoms with Gasteiger partial charge in [0.15, 0.2) is 0 Å². The summed E-state index contributed by atoms with van der Waals surface area (Å²) >= 11 is 0. The Morgan fingerprint density at radius 1 is 1.33 bits per heavy atom. The van der Waals surface area contributed by atoms with Crippen LogP contribution in [-0.4, -0.2) is 29.6 Å². The largest absolute Gasteiger partial charge is 0.377 e. The lowest BCUT2D eigenvalue weighted by molar-refractivity contribution is -0.0289. The number of nitrogens with zero attached hydrogens (tertiary/aromatic N) is 2. The minimum absolute atomic E-state index is 0.272. The highest BCUT2D eigenvalue weighted by molar-refractivity contribution is 5.09. The van der Waals surface area contributed by atoms with Gasteiger partial charge in [0, 0.05) is 18.4 Å². The summed E-state index contributed by atoms with van der Waals surface area (Å²) in [5.74, 6) is 0. The molecule has 2 aliphatic heterocycles. The van der Waals surface area contributed by atoms with Gasteiger partial charge in [-0.25, -0.2) is 0 Å². The van der Waals surface area contributed by atoms with E-state index >= 15 is 0 Å². The summed E-state index contributed by atoms with van der Waals surface area (Å²) in [5.41, 5.74) is 1.22. The van der Waals surface area contributed by atoms with E-state index in [1.54, 1.807) is 0 Å². The van der Waals surface area contributed by atoms with Crippen molar-refractivity contribution in [1.82, 2.24) is 9.78 Å². The van der Waals surface area contributed by atoms with Crippen molar-refractivity contribution in [2.75, 3.05) is 19.8 Å². The van der Waals surface area contributed by atoms with Crippen molar-refractivity contribution in [3.05, 3.63) is 18.0 Å². The average Bonchev–Trinajstić information content (AvgIpc) is 2.66. The topological polar surface area (TPSA) is 36.3 Å². The van der Waals surface area contributed by atoms with Crippen LogP contribution in [0.3, 0.4) is 0 Å². The molecule has 3 rings (SSSR count). The fourth-order valence-electron chi connectivity index (χ4n) is 2.10. The molecule has 0 N–H and O–H groups in total. The summed E-state index contributed by atoms with van der Waals surface area (Å²) in [6.45, 7) is 2.49. The Labute approximate surface area is 89.2 Å². The first-order valence-corrected chi connectivity index (χ1v) is 5.67. The molecule has 0 bridgehead atoms. The number of rotatable bonds is 2. The van der Waals surface area contributed by atoms with Crippen LogP contribution in [0.1, 0.15) is 37.0 Å². The molecule has 0 aromatic carbocycles. The van der Waals surface area contributed by atoms with Crippen LogP contribution in [0.15, 0.2) is 12.4 Å². The summed E-state index contributed by atoms with van der Waals surface area (Å²) < 4.78 is 12.9. The van der Waals surface area contributed by atoms with Crippen molar-refractivity contribution in [2.45, 2.75) is 31.4 Å². The standard InChI is InChI=1S/C11H16N2O2/c1-2-4-15-11(3-1)9-5-12-13(6-9)10-7-14-8-10/h5-6,10-11H,1-4,7-8H2/t11-/m1/s1. The van der Waals surface area contributed by atoms with Gasteiger partial charge in [-0.15, -0.1) is 0 Å². The molecule has 15 heavy (non-hydrogen) atoms. The normalized spacial score (nSPS) is 27.6. The highest BCUT2D eigenvalue weighted by Crippen LogP contribution is 2.28. The van der Waals surface area contributed by atoms with Crippen LogP contribution in [-0.2, 0) is 9.47 Å². The zero-order chi connectivity index (χ0) is 10.1. The maximum Gasteiger partial charge on any atom is 0.0985 e.